The second-order valence-corrected chi connectivity index (χ2v) is 5.72. The molecule has 0 N–H and O–H groups in total. The van der Waals surface area contributed by atoms with Gasteiger partial charge in [0.05, 0.1) is 6.61 Å². The molecule has 0 aromatic carbocycles. The van der Waals surface area contributed by atoms with Gasteiger partial charge in [0.25, 0.3) is 0 Å². The van der Waals surface area contributed by atoms with Crippen LogP contribution in [0, 0.1) is 0 Å². The molecule has 2 heterocycles. The van der Waals surface area contributed by atoms with Gasteiger partial charge in [0.15, 0.2) is 0 Å². The predicted octanol–water partition coefficient (Wildman–Crippen LogP) is 0.653. The second-order valence-electron chi connectivity index (χ2n) is 5.72. The van der Waals surface area contributed by atoms with Crippen LogP contribution in [0.1, 0.15) is 26.2 Å². The lowest BCUT2D eigenvalue weighted by Crippen LogP contribution is -2.47. The van der Waals surface area contributed by atoms with E-state index in [0.29, 0.717) is 5.91 Å². The van der Waals surface area contributed by atoms with Gasteiger partial charge < -0.3 is 14.5 Å². The Bertz CT molecular complexity index is 291. The number of hydrogen-bond acceptors (Lipinski definition) is 4. The van der Waals surface area contributed by atoms with Gasteiger partial charge in [0.2, 0.25) is 5.91 Å². The van der Waals surface area contributed by atoms with Crippen LogP contribution in [0.15, 0.2) is 0 Å². The molecule has 0 aromatic rings. The minimum atomic E-state index is 0.353. The summed E-state index contributed by atoms with van der Waals surface area (Å²) < 4.78 is 5.40. The van der Waals surface area contributed by atoms with Crippen LogP contribution in [0.25, 0.3) is 0 Å². The summed E-state index contributed by atoms with van der Waals surface area (Å²) in [4.78, 5) is 18.6. The van der Waals surface area contributed by atoms with E-state index in [4.69, 9.17) is 4.74 Å². The minimum Gasteiger partial charge on any atom is -0.380 e. The topological polar surface area (TPSA) is 36.0 Å². The SMILES string of the molecule is CCOCCN1CCN(CCCN2CCCC2=O)CC1. The van der Waals surface area contributed by atoms with Crippen molar-refractivity contribution in [3.05, 3.63) is 0 Å². The van der Waals surface area contributed by atoms with Gasteiger partial charge in [-0.25, -0.2) is 0 Å². The molecule has 0 unspecified atom stereocenters. The number of nitrogens with zero attached hydrogens (tertiary/aromatic N) is 3. The zero-order valence-electron chi connectivity index (χ0n) is 12.9. The van der Waals surface area contributed by atoms with Crippen molar-refractivity contribution < 1.29 is 9.53 Å². The van der Waals surface area contributed by atoms with E-state index < -0.39 is 0 Å². The molecule has 0 aliphatic carbocycles. The molecule has 2 aliphatic rings. The smallest absolute Gasteiger partial charge is 0.222 e. The monoisotopic (exact) mass is 283 g/mol. The zero-order valence-corrected chi connectivity index (χ0v) is 12.9. The average molecular weight is 283 g/mol. The van der Waals surface area contributed by atoms with Crippen LogP contribution in [-0.2, 0) is 9.53 Å². The summed E-state index contributed by atoms with van der Waals surface area (Å²) in [6.07, 6.45) is 2.93. The number of carbonyl (C=O) groups excluding carboxylic acids is 1. The van der Waals surface area contributed by atoms with Gasteiger partial charge in [-0.05, 0) is 26.3 Å². The summed E-state index contributed by atoms with van der Waals surface area (Å²) >= 11 is 0. The molecule has 2 rings (SSSR count). The van der Waals surface area contributed by atoms with E-state index in [1.807, 2.05) is 11.8 Å². The lowest BCUT2D eigenvalue weighted by Gasteiger charge is -2.34. The molecule has 0 aromatic heterocycles. The van der Waals surface area contributed by atoms with Crippen LogP contribution in [0.4, 0.5) is 0 Å². The van der Waals surface area contributed by atoms with Gasteiger partial charge in [-0.2, -0.15) is 0 Å². The van der Waals surface area contributed by atoms with Gasteiger partial charge in [-0.15, -0.1) is 0 Å². The quantitative estimate of drug-likeness (QED) is 0.613. The first kappa shape index (κ1) is 15.7. The fraction of sp³-hybridized carbons (Fsp3) is 0.933. The Morgan fingerprint density at radius 3 is 2.30 bits per heavy atom. The molecule has 0 atom stereocenters. The predicted molar refractivity (Wildman–Crippen MR) is 79.8 cm³/mol. The number of piperazine rings is 1. The van der Waals surface area contributed by atoms with E-state index in [9.17, 15) is 4.79 Å². The Hall–Kier alpha value is -0.650. The largest absolute Gasteiger partial charge is 0.380 e. The maximum absolute atomic E-state index is 11.5. The van der Waals surface area contributed by atoms with Crippen molar-refractivity contribution in [2.75, 3.05) is 65.6 Å². The van der Waals surface area contributed by atoms with E-state index >= 15 is 0 Å². The van der Waals surface area contributed by atoms with Crippen molar-refractivity contribution in [2.24, 2.45) is 0 Å². The Morgan fingerprint density at radius 2 is 1.70 bits per heavy atom. The first-order valence-corrected chi connectivity index (χ1v) is 8.10. The normalized spacial score (nSPS) is 21.9. The van der Waals surface area contributed by atoms with Crippen LogP contribution in [0.3, 0.4) is 0 Å². The van der Waals surface area contributed by atoms with Crippen LogP contribution in [0.5, 0.6) is 0 Å². The molecule has 2 fully saturated rings. The Labute approximate surface area is 122 Å². The number of amides is 1. The summed E-state index contributed by atoms with van der Waals surface area (Å²) in [7, 11) is 0. The van der Waals surface area contributed by atoms with Crippen molar-refractivity contribution >= 4 is 5.91 Å². The first-order chi connectivity index (χ1) is 9.79. The third-order valence-corrected chi connectivity index (χ3v) is 4.29. The Morgan fingerprint density at radius 1 is 1.00 bits per heavy atom. The molecule has 2 aliphatic heterocycles. The van der Waals surface area contributed by atoms with Gasteiger partial charge in [0.1, 0.15) is 0 Å². The molecule has 2 saturated heterocycles. The van der Waals surface area contributed by atoms with E-state index in [1.54, 1.807) is 0 Å². The third-order valence-electron chi connectivity index (χ3n) is 4.29. The molecule has 20 heavy (non-hydrogen) atoms. The Kier molecular flexibility index (Phi) is 6.76. The molecule has 0 spiro atoms. The summed E-state index contributed by atoms with van der Waals surface area (Å²) in [5, 5.41) is 0. The maximum Gasteiger partial charge on any atom is 0.222 e. The number of hydrogen-bond donors (Lipinski definition) is 0. The van der Waals surface area contributed by atoms with Gasteiger partial charge in [0, 0.05) is 58.8 Å². The van der Waals surface area contributed by atoms with E-state index in [0.717, 1.165) is 84.8 Å². The van der Waals surface area contributed by atoms with Crippen LogP contribution < -0.4 is 0 Å². The van der Waals surface area contributed by atoms with Gasteiger partial charge >= 0.3 is 0 Å². The standard InChI is InChI=1S/C15H29N3O2/c1-2-20-14-13-17-11-9-16(10-12-17)6-4-8-18-7-3-5-15(18)19/h2-14H2,1H3. The highest BCUT2D eigenvalue weighted by molar-refractivity contribution is 5.77. The van der Waals surface area contributed by atoms with Crippen LogP contribution in [-0.4, -0.2) is 86.2 Å². The van der Waals surface area contributed by atoms with E-state index in [1.165, 1.54) is 0 Å². The van der Waals surface area contributed by atoms with Crippen molar-refractivity contribution in [1.82, 2.24) is 14.7 Å². The highest BCUT2D eigenvalue weighted by Gasteiger charge is 2.20. The van der Waals surface area contributed by atoms with Crippen molar-refractivity contribution in [2.45, 2.75) is 26.2 Å². The summed E-state index contributed by atoms with van der Waals surface area (Å²) in [6.45, 7) is 12.4. The van der Waals surface area contributed by atoms with Crippen molar-refractivity contribution in [3.63, 3.8) is 0 Å². The third kappa shape index (κ3) is 5.04. The number of likely N-dealkylation sites (tertiary alicyclic amines) is 1. The molecular formula is C15H29N3O2. The number of ether oxygens (including phenoxy) is 1. The molecule has 0 bridgehead atoms. The maximum atomic E-state index is 11.5. The summed E-state index contributed by atoms with van der Waals surface area (Å²) in [5.41, 5.74) is 0. The highest BCUT2D eigenvalue weighted by atomic mass is 16.5. The lowest BCUT2D eigenvalue weighted by molar-refractivity contribution is -0.127. The molecule has 116 valence electrons. The highest BCUT2D eigenvalue weighted by Crippen LogP contribution is 2.10. The summed E-state index contributed by atoms with van der Waals surface area (Å²) in [6, 6.07) is 0. The van der Waals surface area contributed by atoms with Crippen LogP contribution in [0.2, 0.25) is 0 Å². The van der Waals surface area contributed by atoms with Crippen molar-refractivity contribution in [1.29, 1.82) is 0 Å². The molecule has 1 amide bonds. The minimum absolute atomic E-state index is 0.353. The summed E-state index contributed by atoms with van der Waals surface area (Å²) in [5.74, 6) is 0.353. The zero-order chi connectivity index (χ0) is 14.2. The van der Waals surface area contributed by atoms with Crippen LogP contribution >= 0.6 is 0 Å². The van der Waals surface area contributed by atoms with Gasteiger partial charge in [-0.1, -0.05) is 0 Å². The fourth-order valence-corrected chi connectivity index (χ4v) is 3.00. The van der Waals surface area contributed by atoms with E-state index in [-0.39, 0.29) is 0 Å². The average Bonchev–Trinajstić information content (AvgIpc) is 2.87. The number of rotatable bonds is 8. The number of carbonyl (C=O) groups is 1. The second kappa shape index (κ2) is 8.60. The first-order valence-electron chi connectivity index (χ1n) is 8.10. The molecule has 0 radical (unpaired) electrons. The van der Waals surface area contributed by atoms with Crippen molar-refractivity contribution in [3.8, 4) is 0 Å². The molecule has 5 nitrogen and oxygen atoms in total. The molecule has 5 heteroatoms. The lowest BCUT2D eigenvalue weighted by atomic mass is 10.3. The Balaban J connectivity index is 1.52. The molecular weight excluding hydrogens is 254 g/mol. The molecule has 0 saturated carbocycles. The fourth-order valence-electron chi connectivity index (χ4n) is 3.00. The van der Waals surface area contributed by atoms with Gasteiger partial charge in [-0.3, -0.25) is 9.69 Å². The van der Waals surface area contributed by atoms with E-state index in [2.05, 4.69) is 9.80 Å².